The van der Waals surface area contributed by atoms with Gasteiger partial charge in [-0.1, -0.05) is 12.1 Å². The van der Waals surface area contributed by atoms with Crippen molar-refractivity contribution in [2.24, 2.45) is 5.73 Å². The molecular weight excluding hydrogens is 173 g/mol. The number of hydrogen-bond donors (Lipinski definition) is 1. The van der Waals surface area contributed by atoms with E-state index in [2.05, 4.69) is 0 Å². The van der Waals surface area contributed by atoms with Gasteiger partial charge < -0.3 is 10.5 Å². The van der Waals surface area contributed by atoms with Crippen molar-refractivity contribution in [3.63, 3.8) is 0 Å². The Labute approximate surface area is 74.4 Å². The third kappa shape index (κ3) is 2.11. The lowest BCUT2D eigenvalue weighted by Crippen LogP contribution is -2.22. The highest BCUT2D eigenvalue weighted by atomic mass is 19.1. The first-order valence-electron chi connectivity index (χ1n) is 3.65. The van der Waals surface area contributed by atoms with Gasteiger partial charge in [0.15, 0.2) is 0 Å². The van der Waals surface area contributed by atoms with Crippen LogP contribution in [0.5, 0.6) is 0 Å². The molecule has 4 heteroatoms. The molecule has 0 saturated carbocycles. The molecule has 1 aromatic carbocycles. The van der Waals surface area contributed by atoms with E-state index in [0.29, 0.717) is 11.8 Å². The maximum Gasteiger partial charge on any atom is 0.232 e. The van der Waals surface area contributed by atoms with Crippen molar-refractivity contribution < 1.29 is 14.0 Å². The van der Waals surface area contributed by atoms with Gasteiger partial charge >= 0.3 is 0 Å². The fourth-order valence-corrected chi connectivity index (χ4v) is 0.980. The standard InChI is InChI=1S/C9H8FNO2/c10-7-3-1-6(2-4-7)8(5-12)9(11)13/h1-5,8H,(H2,11,13). The zero-order chi connectivity index (χ0) is 9.84. The molecule has 0 aliphatic carbocycles. The van der Waals surface area contributed by atoms with Crippen molar-refractivity contribution in [1.82, 2.24) is 0 Å². The van der Waals surface area contributed by atoms with Gasteiger partial charge in [0, 0.05) is 0 Å². The maximum atomic E-state index is 12.5. The first kappa shape index (κ1) is 9.38. The lowest BCUT2D eigenvalue weighted by molar-refractivity contribution is -0.123. The van der Waals surface area contributed by atoms with E-state index in [0.717, 1.165) is 0 Å². The highest BCUT2D eigenvalue weighted by Gasteiger charge is 2.15. The fourth-order valence-electron chi connectivity index (χ4n) is 0.980. The summed E-state index contributed by atoms with van der Waals surface area (Å²) in [6.45, 7) is 0. The molecule has 1 amide bonds. The molecule has 13 heavy (non-hydrogen) atoms. The average Bonchev–Trinajstić information content (AvgIpc) is 2.09. The summed E-state index contributed by atoms with van der Waals surface area (Å²) in [6.07, 6.45) is 0.440. The summed E-state index contributed by atoms with van der Waals surface area (Å²) in [5.74, 6) is -2.14. The van der Waals surface area contributed by atoms with E-state index in [-0.39, 0.29) is 0 Å². The van der Waals surface area contributed by atoms with Crippen molar-refractivity contribution in [3.05, 3.63) is 35.6 Å². The number of carbonyl (C=O) groups excluding carboxylic acids is 2. The molecule has 0 radical (unpaired) electrons. The number of hydrogen-bond acceptors (Lipinski definition) is 2. The Balaban J connectivity index is 2.99. The minimum absolute atomic E-state index is 0.406. The van der Waals surface area contributed by atoms with E-state index in [1.165, 1.54) is 24.3 Å². The van der Waals surface area contributed by atoms with Gasteiger partial charge in [0.25, 0.3) is 0 Å². The van der Waals surface area contributed by atoms with Gasteiger partial charge in [0.2, 0.25) is 5.91 Å². The van der Waals surface area contributed by atoms with Gasteiger partial charge in [-0.2, -0.15) is 0 Å². The van der Waals surface area contributed by atoms with Crippen LogP contribution in [0.3, 0.4) is 0 Å². The molecule has 2 N–H and O–H groups in total. The van der Waals surface area contributed by atoms with Gasteiger partial charge in [-0.15, -0.1) is 0 Å². The van der Waals surface area contributed by atoms with Crippen molar-refractivity contribution in [3.8, 4) is 0 Å². The molecule has 0 aliphatic heterocycles. The minimum atomic E-state index is -0.986. The molecule has 3 nitrogen and oxygen atoms in total. The summed E-state index contributed by atoms with van der Waals surface area (Å²) in [5.41, 5.74) is 5.36. The summed E-state index contributed by atoms with van der Waals surface area (Å²) in [5, 5.41) is 0. The fraction of sp³-hybridized carbons (Fsp3) is 0.111. The Bertz CT molecular complexity index is 321. The van der Waals surface area contributed by atoms with Crippen LogP contribution in [0, 0.1) is 5.82 Å². The van der Waals surface area contributed by atoms with E-state index >= 15 is 0 Å². The Hall–Kier alpha value is -1.71. The van der Waals surface area contributed by atoms with E-state index in [9.17, 15) is 14.0 Å². The van der Waals surface area contributed by atoms with Crippen LogP contribution in [0.2, 0.25) is 0 Å². The molecule has 0 bridgehead atoms. The Kier molecular flexibility index (Phi) is 2.74. The molecule has 68 valence electrons. The van der Waals surface area contributed by atoms with Gasteiger partial charge in [-0.3, -0.25) is 4.79 Å². The number of carbonyl (C=O) groups is 2. The third-order valence-electron chi connectivity index (χ3n) is 1.67. The summed E-state index contributed by atoms with van der Waals surface area (Å²) >= 11 is 0. The van der Waals surface area contributed by atoms with Crippen LogP contribution >= 0.6 is 0 Å². The first-order chi connectivity index (χ1) is 6.15. The number of benzene rings is 1. The Morgan fingerprint density at radius 3 is 2.31 bits per heavy atom. The summed E-state index contributed by atoms with van der Waals surface area (Å²) in [4.78, 5) is 21.2. The Morgan fingerprint density at radius 2 is 1.92 bits per heavy atom. The highest BCUT2D eigenvalue weighted by Crippen LogP contribution is 2.13. The second kappa shape index (κ2) is 3.80. The van der Waals surface area contributed by atoms with Gasteiger partial charge in [0.05, 0.1) is 0 Å². The largest absolute Gasteiger partial charge is 0.369 e. The number of aldehydes is 1. The van der Waals surface area contributed by atoms with Crippen molar-refractivity contribution in [1.29, 1.82) is 0 Å². The molecule has 0 aliphatic rings. The van der Waals surface area contributed by atoms with Crippen molar-refractivity contribution in [2.75, 3.05) is 0 Å². The van der Waals surface area contributed by atoms with Crippen LogP contribution in [0.15, 0.2) is 24.3 Å². The lowest BCUT2D eigenvalue weighted by atomic mass is 10.0. The van der Waals surface area contributed by atoms with Crippen LogP contribution < -0.4 is 5.73 Å². The number of primary amides is 1. The molecule has 0 saturated heterocycles. The molecule has 0 fully saturated rings. The lowest BCUT2D eigenvalue weighted by Gasteiger charge is -2.04. The smallest absolute Gasteiger partial charge is 0.232 e. The van der Waals surface area contributed by atoms with E-state index in [1.54, 1.807) is 0 Å². The topological polar surface area (TPSA) is 60.2 Å². The second-order valence-corrected chi connectivity index (χ2v) is 2.57. The quantitative estimate of drug-likeness (QED) is 0.548. The zero-order valence-electron chi connectivity index (χ0n) is 6.74. The maximum absolute atomic E-state index is 12.5. The molecule has 1 unspecified atom stereocenters. The second-order valence-electron chi connectivity index (χ2n) is 2.57. The third-order valence-corrected chi connectivity index (χ3v) is 1.67. The van der Waals surface area contributed by atoms with Crippen LogP contribution in [0.1, 0.15) is 11.5 Å². The monoisotopic (exact) mass is 181 g/mol. The average molecular weight is 181 g/mol. The summed E-state index contributed by atoms with van der Waals surface area (Å²) < 4.78 is 12.5. The van der Waals surface area contributed by atoms with Crippen LogP contribution in [-0.4, -0.2) is 12.2 Å². The van der Waals surface area contributed by atoms with Gasteiger partial charge in [-0.25, -0.2) is 4.39 Å². The van der Waals surface area contributed by atoms with E-state index < -0.39 is 17.6 Å². The molecule has 0 spiro atoms. The van der Waals surface area contributed by atoms with Crippen LogP contribution in [-0.2, 0) is 9.59 Å². The highest BCUT2D eigenvalue weighted by molar-refractivity contribution is 5.96. The molecule has 1 aromatic rings. The predicted molar refractivity (Wildman–Crippen MR) is 44.4 cm³/mol. The Morgan fingerprint density at radius 1 is 1.38 bits per heavy atom. The summed E-state index contributed by atoms with van der Waals surface area (Å²) in [7, 11) is 0. The number of amides is 1. The molecule has 0 heterocycles. The number of nitrogens with two attached hydrogens (primary N) is 1. The summed E-state index contributed by atoms with van der Waals surface area (Å²) in [6, 6.07) is 5.07. The molecular formula is C9H8FNO2. The zero-order valence-corrected chi connectivity index (χ0v) is 6.74. The number of rotatable bonds is 3. The molecule has 1 rings (SSSR count). The van der Waals surface area contributed by atoms with Gasteiger partial charge in [-0.05, 0) is 17.7 Å². The first-order valence-corrected chi connectivity index (χ1v) is 3.65. The van der Waals surface area contributed by atoms with Crippen LogP contribution in [0.4, 0.5) is 4.39 Å². The van der Waals surface area contributed by atoms with E-state index in [1.807, 2.05) is 0 Å². The van der Waals surface area contributed by atoms with Crippen molar-refractivity contribution >= 4 is 12.2 Å². The minimum Gasteiger partial charge on any atom is -0.369 e. The van der Waals surface area contributed by atoms with E-state index in [4.69, 9.17) is 5.73 Å². The predicted octanol–water partition coefficient (Wildman–Crippen LogP) is 0.593. The van der Waals surface area contributed by atoms with Crippen molar-refractivity contribution in [2.45, 2.75) is 5.92 Å². The molecule has 0 aromatic heterocycles. The normalized spacial score (nSPS) is 12.1. The SMILES string of the molecule is NC(=O)C(C=O)c1ccc(F)cc1. The number of halogens is 1. The molecule has 1 atom stereocenters. The van der Waals surface area contributed by atoms with Crippen LogP contribution in [0.25, 0.3) is 0 Å². The van der Waals surface area contributed by atoms with Gasteiger partial charge in [0.1, 0.15) is 18.0 Å².